The summed E-state index contributed by atoms with van der Waals surface area (Å²) in [6.07, 6.45) is 7.50. The van der Waals surface area contributed by atoms with Gasteiger partial charge in [-0.3, -0.25) is 0 Å². The van der Waals surface area contributed by atoms with E-state index in [1.807, 2.05) is 58.7 Å². The van der Waals surface area contributed by atoms with Gasteiger partial charge in [-0.15, -0.1) is 0 Å². The molecule has 0 N–H and O–H groups in total. The number of aromatic nitrogens is 5. The van der Waals surface area contributed by atoms with E-state index in [9.17, 15) is 0 Å². The number of hydrogen-bond donors (Lipinski definition) is 0. The van der Waals surface area contributed by atoms with Crippen LogP contribution >= 0.6 is 0 Å². The summed E-state index contributed by atoms with van der Waals surface area (Å²) in [5.74, 6) is 0.818. The molecule has 0 atom stereocenters. The molecule has 0 aromatic carbocycles. The van der Waals surface area contributed by atoms with Crippen molar-refractivity contribution < 1.29 is 0 Å². The summed E-state index contributed by atoms with van der Waals surface area (Å²) in [5, 5.41) is 4.40. The summed E-state index contributed by atoms with van der Waals surface area (Å²) >= 11 is 0. The lowest BCUT2D eigenvalue weighted by molar-refractivity contribution is 0.847. The zero-order chi connectivity index (χ0) is 14.2. The van der Waals surface area contributed by atoms with Gasteiger partial charge in [-0.2, -0.15) is 5.10 Å². The standard InChI is InChI=1S/C16H13N5/c1-12-3-2-4-15(19-12)21-14(5-7-18-21)13-6-9-20-10-8-17-16(20)11-13/h2-11H,1H3. The van der Waals surface area contributed by atoms with Crippen LogP contribution in [0.1, 0.15) is 5.69 Å². The molecule has 0 aliphatic carbocycles. The van der Waals surface area contributed by atoms with E-state index in [0.29, 0.717) is 0 Å². The van der Waals surface area contributed by atoms with Crippen LogP contribution in [0.3, 0.4) is 0 Å². The van der Waals surface area contributed by atoms with E-state index in [4.69, 9.17) is 0 Å². The molecule has 0 bridgehead atoms. The number of pyridine rings is 2. The highest BCUT2D eigenvalue weighted by molar-refractivity contribution is 5.65. The third-order valence-electron chi connectivity index (χ3n) is 3.43. The van der Waals surface area contributed by atoms with Crippen LogP contribution in [-0.4, -0.2) is 24.1 Å². The van der Waals surface area contributed by atoms with Gasteiger partial charge < -0.3 is 4.40 Å². The van der Waals surface area contributed by atoms with E-state index in [-0.39, 0.29) is 0 Å². The summed E-state index contributed by atoms with van der Waals surface area (Å²) in [4.78, 5) is 8.86. The molecular formula is C16H13N5. The van der Waals surface area contributed by atoms with Crippen LogP contribution < -0.4 is 0 Å². The first-order valence-corrected chi connectivity index (χ1v) is 6.72. The van der Waals surface area contributed by atoms with E-state index in [2.05, 4.69) is 21.1 Å². The summed E-state index contributed by atoms with van der Waals surface area (Å²) < 4.78 is 3.83. The van der Waals surface area contributed by atoms with Crippen LogP contribution in [-0.2, 0) is 0 Å². The van der Waals surface area contributed by atoms with Gasteiger partial charge in [0.05, 0.1) is 11.9 Å². The van der Waals surface area contributed by atoms with Crippen LogP contribution in [0, 0.1) is 6.92 Å². The molecule has 4 heterocycles. The Morgan fingerprint density at radius 1 is 1.00 bits per heavy atom. The summed E-state index contributed by atoms with van der Waals surface area (Å²) in [6, 6.07) is 12.0. The molecular weight excluding hydrogens is 262 g/mol. The minimum Gasteiger partial charge on any atom is -0.307 e. The van der Waals surface area contributed by atoms with Gasteiger partial charge in [0, 0.05) is 29.8 Å². The second-order valence-electron chi connectivity index (χ2n) is 4.87. The van der Waals surface area contributed by atoms with Crippen LogP contribution in [0.25, 0.3) is 22.7 Å². The number of imidazole rings is 1. The summed E-state index contributed by atoms with van der Waals surface area (Å²) in [5.41, 5.74) is 3.95. The van der Waals surface area contributed by atoms with Crippen molar-refractivity contribution in [3.8, 4) is 17.1 Å². The zero-order valence-electron chi connectivity index (χ0n) is 11.5. The van der Waals surface area contributed by atoms with Crippen molar-refractivity contribution in [3.05, 3.63) is 66.9 Å². The smallest absolute Gasteiger partial charge is 0.154 e. The van der Waals surface area contributed by atoms with Crippen LogP contribution in [0.4, 0.5) is 0 Å². The Morgan fingerprint density at radius 2 is 1.95 bits per heavy atom. The van der Waals surface area contributed by atoms with Crippen molar-refractivity contribution in [2.24, 2.45) is 0 Å². The normalized spacial score (nSPS) is 11.1. The van der Waals surface area contributed by atoms with E-state index in [1.165, 1.54) is 0 Å². The number of rotatable bonds is 2. The van der Waals surface area contributed by atoms with E-state index < -0.39 is 0 Å². The average molecular weight is 275 g/mol. The lowest BCUT2D eigenvalue weighted by atomic mass is 10.2. The van der Waals surface area contributed by atoms with Gasteiger partial charge in [-0.25, -0.2) is 14.6 Å². The quantitative estimate of drug-likeness (QED) is 0.565. The number of fused-ring (bicyclic) bond motifs is 1. The molecule has 21 heavy (non-hydrogen) atoms. The molecule has 0 saturated carbocycles. The molecule has 0 radical (unpaired) electrons. The van der Waals surface area contributed by atoms with Crippen molar-refractivity contribution in [3.63, 3.8) is 0 Å². The Kier molecular flexibility index (Phi) is 2.57. The van der Waals surface area contributed by atoms with E-state index in [0.717, 1.165) is 28.4 Å². The molecule has 4 rings (SSSR count). The predicted octanol–water partition coefficient (Wildman–Crippen LogP) is 2.89. The lowest BCUT2D eigenvalue weighted by Crippen LogP contribution is -2.02. The van der Waals surface area contributed by atoms with E-state index in [1.54, 1.807) is 12.4 Å². The number of nitrogens with zero attached hydrogens (tertiary/aromatic N) is 5. The SMILES string of the molecule is Cc1cccc(-n2nccc2-c2ccn3ccnc3c2)n1. The Balaban J connectivity index is 1.88. The molecule has 0 aliphatic rings. The highest BCUT2D eigenvalue weighted by atomic mass is 15.3. The lowest BCUT2D eigenvalue weighted by Gasteiger charge is -2.07. The Morgan fingerprint density at radius 3 is 2.86 bits per heavy atom. The highest BCUT2D eigenvalue weighted by Crippen LogP contribution is 2.22. The van der Waals surface area contributed by atoms with Crippen LogP contribution in [0.2, 0.25) is 0 Å². The first kappa shape index (κ1) is 11.8. The Bertz CT molecular complexity index is 919. The largest absolute Gasteiger partial charge is 0.307 e. The number of aryl methyl sites for hydroxylation is 1. The van der Waals surface area contributed by atoms with E-state index >= 15 is 0 Å². The maximum absolute atomic E-state index is 4.53. The molecule has 0 amide bonds. The van der Waals surface area contributed by atoms with Crippen molar-refractivity contribution in [2.75, 3.05) is 0 Å². The Labute approximate surface area is 121 Å². The fourth-order valence-corrected chi connectivity index (χ4v) is 2.42. The first-order valence-electron chi connectivity index (χ1n) is 6.72. The third-order valence-corrected chi connectivity index (χ3v) is 3.43. The average Bonchev–Trinajstić information content (AvgIpc) is 3.15. The summed E-state index contributed by atoms with van der Waals surface area (Å²) in [6.45, 7) is 1.98. The first-order chi connectivity index (χ1) is 10.3. The topological polar surface area (TPSA) is 48.0 Å². The molecule has 0 saturated heterocycles. The van der Waals surface area contributed by atoms with Gasteiger partial charge in [0.2, 0.25) is 0 Å². The second-order valence-corrected chi connectivity index (χ2v) is 4.87. The predicted molar refractivity (Wildman–Crippen MR) is 80.3 cm³/mol. The van der Waals surface area contributed by atoms with Gasteiger partial charge >= 0.3 is 0 Å². The van der Waals surface area contributed by atoms with Gasteiger partial charge in [-0.1, -0.05) is 6.07 Å². The molecule has 102 valence electrons. The molecule has 0 spiro atoms. The minimum atomic E-state index is 0.818. The van der Waals surface area contributed by atoms with Crippen molar-refractivity contribution in [1.82, 2.24) is 24.1 Å². The monoisotopic (exact) mass is 275 g/mol. The maximum Gasteiger partial charge on any atom is 0.154 e. The molecule has 4 aromatic rings. The maximum atomic E-state index is 4.53. The molecule has 5 nitrogen and oxygen atoms in total. The number of hydrogen-bond acceptors (Lipinski definition) is 3. The zero-order valence-corrected chi connectivity index (χ0v) is 11.5. The highest BCUT2D eigenvalue weighted by Gasteiger charge is 2.09. The van der Waals surface area contributed by atoms with Crippen LogP contribution in [0.15, 0.2) is 61.2 Å². The van der Waals surface area contributed by atoms with Crippen molar-refractivity contribution >= 4 is 5.65 Å². The Hall–Kier alpha value is -2.95. The van der Waals surface area contributed by atoms with Crippen molar-refractivity contribution in [1.29, 1.82) is 0 Å². The molecule has 5 heteroatoms. The van der Waals surface area contributed by atoms with Gasteiger partial charge in [-0.05, 0) is 37.3 Å². The summed E-state index contributed by atoms with van der Waals surface area (Å²) in [7, 11) is 0. The molecule has 0 aliphatic heterocycles. The molecule has 0 fully saturated rings. The van der Waals surface area contributed by atoms with Gasteiger partial charge in [0.15, 0.2) is 5.82 Å². The second kappa shape index (κ2) is 4.56. The van der Waals surface area contributed by atoms with Crippen molar-refractivity contribution in [2.45, 2.75) is 6.92 Å². The fraction of sp³-hybridized carbons (Fsp3) is 0.0625. The third kappa shape index (κ3) is 1.99. The fourth-order valence-electron chi connectivity index (χ4n) is 2.42. The molecule has 4 aromatic heterocycles. The van der Waals surface area contributed by atoms with Gasteiger partial charge in [0.1, 0.15) is 5.65 Å². The minimum absolute atomic E-state index is 0.818. The van der Waals surface area contributed by atoms with Gasteiger partial charge in [0.25, 0.3) is 0 Å². The molecule has 0 unspecified atom stereocenters. The van der Waals surface area contributed by atoms with Crippen LogP contribution in [0.5, 0.6) is 0 Å².